The normalized spacial score (nSPS) is 28.9. The molecular weight excluding hydrogens is 370 g/mol. The van der Waals surface area contributed by atoms with Crippen molar-refractivity contribution in [1.82, 2.24) is 15.1 Å². The molecule has 0 unspecified atom stereocenters. The molecule has 2 saturated carbocycles. The lowest BCUT2D eigenvalue weighted by molar-refractivity contribution is 0.0617. The Kier molecular flexibility index (Phi) is 4.85. The fraction of sp³-hybridized carbons (Fsp3) is 0.500. The van der Waals surface area contributed by atoms with E-state index in [-0.39, 0.29) is 17.1 Å². The van der Waals surface area contributed by atoms with E-state index in [9.17, 15) is 4.79 Å². The smallest absolute Gasteiger partial charge is 0.318 e. The van der Waals surface area contributed by atoms with Gasteiger partial charge in [0.25, 0.3) is 0 Å². The quantitative estimate of drug-likeness (QED) is 0.774. The average Bonchev–Trinajstić information content (AvgIpc) is 3.56. The van der Waals surface area contributed by atoms with Crippen molar-refractivity contribution < 1.29 is 4.79 Å². The third kappa shape index (κ3) is 3.51. The van der Waals surface area contributed by atoms with Crippen molar-refractivity contribution in [2.75, 3.05) is 20.6 Å². The minimum absolute atomic E-state index is 0.0588. The van der Waals surface area contributed by atoms with Crippen LogP contribution in [0, 0.1) is 0 Å². The molecule has 2 amide bonds. The van der Waals surface area contributed by atoms with Crippen LogP contribution < -0.4 is 5.32 Å². The number of carbonyl (C=O) groups is 1. The number of amides is 2. The fourth-order valence-electron chi connectivity index (χ4n) is 5.66. The van der Waals surface area contributed by atoms with Crippen LogP contribution in [-0.2, 0) is 12.1 Å². The molecule has 5 rings (SSSR count). The number of urea groups is 1. The SMILES string of the molecule is CN(C)C1(c2ccccc2)CCC2(CC1)CN(Cc1cccc(C3CC3)c1)C(=O)N2. The summed E-state index contributed by atoms with van der Waals surface area (Å²) in [6.07, 6.45) is 6.79. The molecule has 0 bridgehead atoms. The van der Waals surface area contributed by atoms with Crippen molar-refractivity contribution in [3.63, 3.8) is 0 Å². The third-order valence-corrected chi connectivity index (χ3v) is 7.73. The van der Waals surface area contributed by atoms with Crippen LogP contribution in [0.1, 0.15) is 61.1 Å². The number of carbonyl (C=O) groups excluding carboxylic acids is 1. The van der Waals surface area contributed by atoms with Gasteiger partial charge in [-0.15, -0.1) is 0 Å². The van der Waals surface area contributed by atoms with E-state index in [4.69, 9.17) is 0 Å². The number of hydrogen-bond acceptors (Lipinski definition) is 2. The second-order valence-corrected chi connectivity index (χ2v) is 9.88. The zero-order chi connectivity index (χ0) is 20.8. The van der Waals surface area contributed by atoms with Gasteiger partial charge >= 0.3 is 6.03 Å². The summed E-state index contributed by atoms with van der Waals surface area (Å²) in [7, 11) is 4.38. The maximum atomic E-state index is 12.9. The highest BCUT2D eigenvalue weighted by Gasteiger charge is 2.49. The molecule has 0 aromatic heterocycles. The lowest BCUT2D eigenvalue weighted by Crippen LogP contribution is -2.54. The van der Waals surface area contributed by atoms with Gasteiger partial charge < -0.3 is 10.2 Å². The highest BCUT2D eigenvalue weighted by Crippen LogP contribution is 2.46. The molecule has 0 radical (unpaired) electrons. The van der Waals surface area contributed by atoms with Gasteiger partial charge in [0.15, 0.2) is 0 Å². The van der Waals surface area contributed by atoms with Crippen LogP contribution >= 0.6 is 0 Å². The van der Waals surface area contributed by atoms with Gasteiger partial charge in [0.05, 0.1) is 5.54 Å². The summed E-state index contributed by atoms with van der Waals surface area (Å²) in [5, 5.41) is 3.39. The first kappa shape index (κ1) is 19.6. The fourth-order valence-corrected chi connectivity index (χ4v) is 5.66. The Morgan fingerprint density at radius 1 is 1.00 bits per heavy atom. The van der Waals surface area contributed by atoms with Gasteiger partial charge in [-0.05, 0) is 75.2 Å². The van der Waals surface area contributed by atoms with E-state index < -0.39 is 0 Å². The monoisotopic (exact) mass is 403 g/mol. The second-order valence-electron chi connectivity index (χ2n) is 9.88. The number of nitrogens with one attached hydrogen (secondary N) is 1. The van der Waals surface area contributed by atoms with Crippen LogP contribution in [-0.4, -0.2) is 42.0 Å². The van der Waals surface area contributed by atoms with Crippen LogP contribution in [0.15, 0.2) is 54.6 Å². The van der Waals surface area contributed by atoms with E-state index in [2.05, 4.69) is 78.9 Å². The van der Waals surface area contributed by atoms with Gasteiger partial charge in [0, 0.05) is 18.6 Å². The van der Waals surface area contributed by atoms with Gasteiger partial charge in [0.1, 0.15) is 0 Å². The molecule has 1 aliphatic heterocycles. The zero-order valence-corrected chi connectivity index (χ0v) is 18.2. The molecule has 1 saturated heterocycles. The first-order valence-corrected chi connectivity index (χ1v) is 11.4. The van der Waals surface area contributed by atoms with Gasteiger partial charge in [-0.2, -0.15) is 0 Å². The Labute approximate surface area is 180 Å². The summed E-state index contributed by atoms with van der Waals surface area (Å²) < 4.78 is 0. The number of hydrogen-bond donors (Lipinski definition) is 1. The molecule has 1 heterocycles. The largest absolute Gasteiger partial charge is 0.331 e. The molecule has 158 valence electrons. The number of benzene rings is 2. The van der Waals surface area contributed by atoms with E-state index in [0.29, 0.717) is 6.54 Å². The topological polar surface area (TPSA) is 35.6 Å². The summed E-state index contributed by atoms with van der Waals surface area (Å²) >= 11 is 0. The van der Waals surface area contributed by atoms with E-state index in [1.807, 2.05) is 4.90 Å². The summed E-state index contributed by atoms with van der Waals surface area (Å²) in [4.78, 5) is 17.3. The van der Waals surface area contributed by atoms with Crippen molar-refractivity contribution in [3.05, 3.63) is 71.3 Å². The molecule has 3 aliphatic rings. The zero-order valence-electron chi connectivity index (χ0n) is 18.2. The Bertz CT molecular complexity index is 911. The minimum atomic E-state index is -0.0839. The summed E-state index contributed by atoms with van der Waals surface area (Å²) in [5.74, 6) is 0.749. The lowest BCUT2D eigenvalue weighted by atomic mass is 9.69. The molecule has 2 aromatic carbocycles. The molecule has 3 fully saturated rings. The molecule has 1 spiro atoms. The molecule has 1 N–H and O–H groups in total. The molecule has 0 atom stereocenters. The van der Waals surface area contributed by atoms with Crippen LogP contribution in [0.5, 0.6) is 0 Å². The van der Waals surface area contributed by atoms with Crippen LogP contribution in [0.2, 0.25) is 0 Å². The van der Waals surface area contributed by atoms with Crippen molar-refractivity contribution >= 4 is 6.03 Å². The Morgan fingerprint density at radius 2 is 1.73 bits per heavy atom. The molecular formula is C26H33N3O. The number of rotatable bonds is 5. The van der Waals surface area contributed by atoms with Crippen molar-refractivity contribution in [2.45, 2.75) is 62.1 Å². The predicted octanol–water partition coefficient (Wildman–Crippen LogP) is 4.86. The molecule has 2 aliphatic carbocycles. The average molecular weight is 404 g/mol. The lowest BCUT2D eigenvalue weighted by Gasteiger charge is -2.48. The van der Waals surface area contributed by atoms with Crippen molar-refractivity contribution in [2.24, 2.45) is 0 Å². The van der Waals surface area contributed by atoms with Crippen LogP contribution in [0.3, 0.4) is 0 Å². The van der Waals surface area contributed by atoms with Crippen molar-refractivity contribution in [3.8, 4) is 0 Å². The van der Waals surface area contributed by atoms with Crippen molar-refractivity contribution in [1.29, 1.82) is 0 Å². The van der Waals surface area contributed by atoms with Gasteiger partial charge in [-0.3, -0.25) is 4.90 Å². The maximum Gasteiger partial charge on any atom is 0.318 e. The first-order valence-electron chi connectivity index (χ1n) is 11.4. The Morgan fingerprint density at radius 3 is 2.40 bits per heavy atom. The summed E-state index contributed by atoms with van der Waals surface area (Å²) in [5.41, 5.74) is 4.07. The predicted molar refractivity (Wildman–Crippen MR) is 120 cm³/mol. The van der Waals surface area contributed by atoms with Crippen LogP contribution in [0.25, 0.3) is 0 Å². The van der Waals surface area contributed by atoms with Crippen LogP contribution in [0.4, 0.5) is 4.79 Å². The molecule has 2 aromatic rings. The minimum Gasteiger partial charge on any atom is -0.331 e. The standard InChI is InChI=1S/C26H33N3O/c1-28(2)26(23-9-4-3-5-10-23)15-13-25(14-16-26)19-29(24(30)27-25)18-20-7-6-8-22(17-20)21-11-12-21/h3-10,17,21H,11-16,18-19H2,1-2H3,(H,27,30). The first-order chi connectivity index (χ1) is 14.5. The second kappa shape index (κ2) is 7.42. The van der Waals surface area contributed by atoms with Gasteiger partial charge in [-0.1, -0.05) is 54.6 Å². The summed E-state index contributed by atoms with van der Waals surface area (Å²) in [6, 6.07) is 19.8. The highest BCUT2D eigenvalue weighted by molar-refractivity contribution is 5.78. The molecule has 30 heavy (non-hydrogen) atoms. The number of nitrogens with zero attached hydrogens (tertiary/aromatic N) is 2. The van der Waals surface area contributed by atoms with E-state index >= 15 is 0 Å². The van der Waals surface area contributed by atoms with Gasteiger partial charge in [-0.25, -0.2) is 4.79 Å². The van der Waals surface area contributed by atoms with Gasteiger partial charge in [0.2, 0.25) is 0 Å². The van der Waals surface area contributed by atoms with E-state index in [1.165, 1.54) is 29.5 Å². The maximum absolute atomic E-state index is 12.9. The van der Waals surface area contributed by atoms with E-state index in [0.717, 1.165) is 38.1 Å². The highest BCUT2D eigenvalue weighted by atomic mass is 16.2. The molecule has 4 nitrogen and oxygen atoms in total. The Hall–Kier alpha value is -2.33. The summed E-state index contributed by atoms with van der Waals surface area (Å²) in [6.45, 7) is 1.53. The van der Waals surface area contributed by atoms with E-state index in [1.54, 1.807) is 0 Å². The Balaban J connectivity index is 1.29. The third-order valence-electron chi connectivity index (χ3n) is 7.73. The molecule has 4 heteroatoms.